The summed E-state index contributed by atoms with van der Waals surface area (Å²) in [7, 11) is 1.35. The Bertz CT molecular complexity index is 472. The quantitative estimate of drug-likeness (QED) is 0.783. The highest BCUT2D eigenvalue weighted by Gasteiger charge is 2.26. The number of methoxy groups -OCH3 is 1. The van der Waals surface area contributed by atoms with Crippen molar-refractivity contribution in [1.29, 1.82) is 0 Å². The third-order valence-corrected chi connectivity index (χ3v) is 4.03. The summed E-state index contributed by atoms with van der Waals surface area (Å²) in [6.07, 6.45) is 4.57. The van der Waals surface area contributed by atoms with Crippen LogP contribution < -0.4 is 0 Å². The van der Waals surface area contributed by atoms with E-state index in [0.29, 0.717) is 0 Å². The van der Waals surface area contributed by atoms with Crippen LogP contribution in [0.2, 0.25) is 0 Å². The van der Waals surface area contributed by atoms with Gasteiger partial charge in [0, 0.05) is 19.0 Å². The van der Waals surface area contributed by atoms with Gasteiger partial charge in [0.25, 0.3) is 0 Å². The molecule has 1 amide bonds. The predicted molar refractivity (Wildman–Crippen MR) is 80.7 cm³/mol. The second kappa shape index (κ2) is 7.81. The largest absolute Gasteiger partial charge is 0.469 e. The molecular formula is C17H23NO3. The van der Waals surface area contributed by atoms with Crippen LogP contribution in [0.1, 0.15) is 37.7 Å². The van der Waals surface area contributed by atoms with E-state index in [9.17, 15) is 9.59 Å². The zero-order valence-electron chi connectivity index (χ0n) is 12.6. The van der Waals surface area contributed by atoms with Crippen molar-refractivity contribution in [2.75, 3.05) is 13.7 Å². The number of piperidine rings is 1. The van der Waals surface area contributed by atoms with Gasteiger partial charge in [-0.25, -0.2) is 0 Å². The van der Waals surface area contributed by atoms with Gasteiger partial charge in [-0.3, -0.25) is 9.59 Å². The summed E-state index contributed by atoms with van der Waals surface area (Å²) in [6.45, 7) is 0.803. The van der Waals surface area contributed by atoms with E-state index in [4.69, 9.17) is 0 Å². The fourth-order valence-corrected chi connectivity index (χ4v) is 2.88. The monoisotopic (exact) mass is 289 g/mol. The smallest absolute Gasteiger partial charge is 0.306 e. The van der Waals surface area contributed by atoms with Crippen LogP contribution in [0.4, 0.5) is 0 Å². The van der Waals surface area contributed by atoms with Crippen molar-refractivity contribution in [2.24, 2.45) is 0 Å². The van der Waals surface area contributed by atoms with Gasteiger partial charge in [0.05, 0.1) is 13.5 Å². The molecule has 1 saturated heterocycles. The zero-order chi connectivity index (χ0) is 15.1. The van der Waals surface area contributed by atoms with Gasteiger partial charge in [-0.2, -0.15) is 0 Å². The first kappa shape index (κ1) is 15.5. The number of hydrogen-bond donors (Lipinski definition) is 0. The fourth-order valence-electron chi connectivity index (χ4n) is 2.88. The zero-order valence-corrected chi connectivity index (χ0v) is 12.6. The molecule has 0 bridgehead atoms. The molecule has 4 nitrogen and oxygen atoms in total. The molecule has 114 valence electrons. The number of carbonyl (C=O) groups is 2. The first-order chi connectivity index (χ1) is 10.2. The van der Waals surface area contributed by atoms with Crippen LogP contribution >= 0.6 is 0 Å². The third-order valence-electron chi connectivity index (χ3n) is 4.03. The molecule has 1 aliphatic rings. The lowest BCUT2D eigenvalue weighted by atomic mass is 9.95. The molecule has 0 saturated carbocycles. The minimum Gasteiger partial charge on any atom is -0.469 e. The van der Waals surface area contributed by atoms with Gasteiger partial charge in [-0.15, -0.1) is 0 Å². The van der Waals surface area contributed by atoms with Gasteiger partial charge in [0.15, 0.2) is 0 Å². The molecule has 4 heteroatoms. The maximum Gasteiger partial charge on any atom is 0.306 e. The van der Waals surface area contributed by atoms with Gasteiger partial charge < -0.3 is 9.64 Å². The number of hydrogen-bond acceptors (Lipinski definition) is 3. The van der Waals surface area contributed by atoms with E-state index in [1.165, 1.54) is 12.7 Å². The molecule has 1 fully saturated rings. The SMILES string of the molecule is COC(=O)CCC(=O)N1CCCC[C@H]1Cc1ccccc1. The minimum absolute atomic E-state index is 0.0704. The van der Waals surface area contributed by atoms with Crippen molar-refractivity contribution in [3.63, 3.8) is 0 Å². The van der Waals surface area contributed by atoms with E-state index in [0.717, 1.165) is 32.2 Å². The summed E-state index contributed by atoms with van der Waals surface area (Å²) in [4.78, 5) is 25.5. The van der Waals surface area contributed by atoms with Crippen molar-refractivity contribution in [3.8, 4) is 0 Å². The highest BCUT2D eigenvalue weighted by molar-refractivity contribution is 5.81. The lowest BCUT2D eigenvalue weighted by molar-refractivity contribution is -0.144. The number of rotatable bonds is 5. The van der Waals surface area contributed by atoms with E-state index >= 15 is 0 Å². The minimum atomic E-state index is -0.319. The Labute approximate surface area is 126 Å². The second-order valence-electron chi connectivity index (χ2n) is 5.50. The lowest BCUT2D eigenvalue weighted by Gasteiger charge is -2.36. The standard InChI is InChI=1S/C17H23NO3/c1-21-17(20)11-10-16(19)18-12-6-5-9-15(18)13-14-7-3-2-4-8-14/h2-4,7-8,15H,5-6,9-13H2,1H3/t15-/m0/s1. The molecule has 2 rings (SSSR count). The van der Waals surface area contributed by atoms with Gasteiger partial charge in [-0.05, 0) is 31.2 Å². The van der Waals surface area contributed by atoms with Crippen molar-refractivity contribution in [3.05, 3.63) is 35.9 Å². The molecule has 1 aromatic carbocycles. The van der Waals surface area contributed by atoms with Crippen LogP contribution in [0.25, 0.3) is 0 Å². The maximum atomic E-state index is 12.3. The number of ether oxygens (including phenoxy) is 1. The molecule has 1 aromatic rings. The summed E-state index contributed by atoms with van der Waals surface area (Å²) in [5, 5.41) is 0. The van der Waals surface area contributed by atoms with Crippen LogP contribution in [-0.4, -0.2) is 36.5 Å². The number of carbonyl (C=O) groups excluding carboxylic acids is 2. The molecule has 0 unspecified atom stereocenters. The predicted octanol–water partition coefficient (Wildman–Crippen LogP) is 2.56. The van der Waals surface area contributed by atoms with Crippen LogP contribution in [0, 0.1) is 0 Å². The molecule has 1 heterocycles. The average Bonchev–Trinajstić information content (AvgIpc) is 2.53. The van der Waals surface area contributed by atoms with Crippen LogP contribution in [-0.2, 0) is 20.7 Å². The second-order valence-corrected chi connectivity index (χ2v) is 5.50. The van der Waals surface area contributed by atoms with Gasteiger partial charge >= 0.3 is 5.97 Å². The normalized spacial score (nSPS) is 18.3. The van der Waals surface area contributed by atoms with E-state index < -0.39 is 0 Å². The number of esters is 1. The van der Waals surface area contributed by atoms with E-state index in [-0.39, 0.29) is 30.8 Å². The maximum absolute atomic E-state index is 12.3. The first-order valence-corrected chi connectivity index (χ1v) is 7.61. The summed E-state index contributed by atoms with van der Waals surface area (Å²) in [6, 6.07) is 10.5. The summed E-state index contributed by atoms with van der Waals surface area (Å²) in [5.41, 5.74) is 1.26. The Morgan fingerprint density at radius 3 is 2.67 bits per heavy atom. The van der Waals surface area contributed by atoms with Crippen molar-refractivity contribution >= 4 is 11.9 Å². The van der Waals surface area contributed by atoms with Crippen LogP contribution in [0.3, 0.4) is 0 Å². The van der Waals surface area contributed by atoms with Crippen molar-refractivity contribution in [1.82, 2.24) is 4.90 Å². The van der Waals surface area contributed by atoms with Crippen molar-refractivity contribution in [2.45, 2.75) is 44.6 Å². The van der Waals surface area contributed by atoms with Gasteiger partial charge in [0.2, 0.25) is 5.91 Å². The Hall–Kier alpha value is -1.84. The topological polar surface area (TPSA) is 46.6 Å². The Morgan fingerprint density at radius 1 is 1.19 bits per heavy atom. The fraction of sp³-hybridized carbons (Fsp3) is 0.529. The van der Waals surface area contributed by atoms with E-state index in [2.05, 4.69) is 16.9 Å². The molecule has 0 radical (unpaired) electrons. The molecule has 0 aliphatic carbocycles. The molecular weight excluding hydrogens is 266 g/mol. The van der Waals surface area contributed by atoms with E-state index in [1.807, 2.05) is 23.1 Å². The first-order valence-electron chi connectivity index (χ1n) is 7.61. The number of nitrogens with zero attached hydrogens (tertiary/aromatic N) is 1. The Kier molecular flexibility index (Phi) is 5.78. The molecule has 21 heavy (non-hydrogen) atoms. The molecule has 1 aliphatic heterocycles. The molecule has 1 atom stereocenters. The average molecular weight is 289 g/mol. The van der Waals surface area contributed by atoms with Crippen LogP contribution in [0.5, 0.6) is 0 Å². The number of likely N-dealkylation sites (tertiary alicyclic amines) is 1. The number of benzene rings is 1. The summed E-state index contributed by atoms with van der Waals surface area (Å²) in [5.74, 6) is -0.249. The number of amides is 1. The van der Waals surface area contributed by atoms with E-state index in [1.54, 1.807) is 0 Å². The Balaban J connectivity index is 1.95. The molecule has 0 N–H and O–H groups in total. The summed E-state index contributed by atoms with van der Waals surface area (Å²) < 4.78 is 4.60. The van der Waals surface area contributed by atoms with Crippen LogP contribution in [0.15, 0.2) is 30.3 Å². The lowest BCUT2D eigenvalue weighted by Crippen LogP contribution is -2.44. The summed E-state index contributed by atoms with van der Waals surface area (Å²) >= 11 is 0. The van der Waals surface area contributed by atoms with Crippen molar-refractivity contribution < 1.29 is 14.3 Å². The highest BCUT2D eigenvalue weighted by Crippen LogP contribution is 2.22. The van der Waals surface area contributed by atoms with Gasteiger partial charge in [-0.1, -0.05) is 30.3 Å². The third kappa shape index (κ3) is 4.59. The molecule has 0 spiro atoms. The van der Waals surface area contributed by atoms with Gasteiger partial charge in [0.1, 0.15) is 0 Å². The highest BCUT2D eigenvalue weighted by atomic mass is 16.5. The molecule has 0 aromatic heterocycles. The Morgan fingerprint density at radius 2 is 1.95 bits per heavy atom.